The van der Waals surface area contributed by atoms with E-state index in [0.29, 0.717) is 6.04 Å². The van der Waals surface area contributed by atoms with Gasteiger partial charge in [0.25, 0.3) is 0 Å². The van der Waals surface area contributed by atoms with Gasteiger partial charge >= 0.3 is 0 Å². The van der Waals surface area contributed by atoms with Crippen LogP contribution in [0.15, 0.2) is 18.2 Å². The van der Waals surface area contributed by atoms with E-state index in [1.807, 2.05) is 18.2 Å². The van der Waals surface area contributed by atoms with Crippen molar-refractivity contribution in [2.24, 2.45) is 0 Å². The van der Waals surface area contributed by atoms with Gasteiger partial charge in [0, 0.05) is 19.2 Å². The van der Waals surface area contributed by atoms with Gasteiger partial charge in [-0.3, -0.25) is 0 Å². The molecule has 4 nitrogen and oxygen atoms in total. The lowest BCUT2D eigenvalue weighted by Crippen LogP contribution is -2.27. The summed E-state index contributed by atoms with van der Waals surface area (Å²) in [4.78, 5) is 0. The Hall–Kier alpha value is -1.26. The van der Waals surface area contributed by atoms with Crippen molar-refractivity contribution in [2.75, 3.05) is 27.4 Å². The van der Waals surface area contributed by atoms with Crippen LogP contribution in [-0.2, 0) is 4.74 Å². The third-order valence-corrected chi connectivity index (χ3v) is 3.30. The molecular weight excluding hydrogens is 230 g/mol. The van der Waals surface area contributed by atoms with Gasteiger partial charge in [0.05, 0.1) is 20.3 Å². The second-order valence-electron chi connectivity index (χ2n) is 4.57. The third-order valence-electron chi connectivity index (χ3n) is 3.30. The molecule has 1 N–H and O–H groups in total. The van der Waals surface area contributed by atoms with Crippen molar-refractivity contribution in [1.29, 1.82) is 0 Å². The molecule has 1 heterocycles. The SMILES string of the molecule is COc1ccc(C2CNC(C)CCO2)cc1OC. The lowest BCUT2D eigenvalue weighted by molar-refractivity contribution is 0.0663. The van der Waals surface area contributed by atoms with Gasteiger partial charge in [0.1, 0.15) is 0 Å². The van der Waals surface area contributed by atoms with Crippen molar-refractivity contribution >= 4 is 0 Å². The number of nitrogens with one attached hydrogen (secondary N) is 1. The molecule has 2 unspecified atom stereocenters. The van der Waals surface area contributed by atoms with E-state index in [9.17, 15) is 0 Å². The van der Waals surface area contributed by atoms with Crippen LogP contribution in [0.5, 0.6) is 11.5 Å². The molecule has 0 saturated carbocycles. The van der Waals surface area contributed by atoms with Gasteiger partial charge in [-0.1, -0.05) is 6.07 Å². The van der Waals surface area contributed by atoms with Crippen molar-refractivity contribution in [1.82, 2.24) is 5.32 Å². The van der Waals surface area contributed by atoms with E-state index in [0.717, 1.165) is 36.6 Å². The first kappa shape index (κ1) is 13.2. The van der Waals surface area contributed by atoms with E-state index in [1.165, 1.54) is 0 Å². The minimum atomic E-state index is 0.0785. The van der Waals surface area contributed by atoms with Crippen LogP contribution >= 0.6 is 0 Å². The molecule has 0 aromatic heterocycles. The van der Waals surface area contributed by atoms with Gasteiger partial charge in [-0.05, 0) is 31.0 Å². The Morgan fingerprint density at radius 1 is 1.22 bits per heavy atom. The maximum atomic E-state index is 5.87. The van der Waals surface area contributed by atoms with Crippen LogP contribution in [-0.4, -0.2) is 33.4 Å². The minimum absolute atomic E-state index is 0.0785. The molecule has 0 spiro atoms. The van der Waals surface area contributed by atoms with Crippen LogP contribution in [0, 0.1) is 0 Å². The molecule has 4 heteroatoms. The Morgan fingerprint density at radius 3 is 2.72 bits per heavy atom. The number of ether oxygens (including phenoxy) is 3. The van der Waals surface area contributed by atoms with Crippen LogP contribution in [0.3, 0.4) is 0 Å². The van der Waals surface area contributed by atoms with E-state index in [1.54, 1.807) is 14.2 Å². The fraction of sp³-hybridized carbons (Fsp3) is 0.571. The van der Waals surface area contributed by atoms with Crippen molar-refractivity contribution in [2.45, 2.75) is 25.5 Å². The van der Waals surface area contributed by atoms with Crippen molar-refractivity contribution in [3.05, 3.63) is 23.8 Å². The molecule has 2 rings (SSSR count). The van der Waals surface area contributed by atoms with Crippen molar-refractivity contribution in [3.63, 3.8) is 0 Å². The van der Waals surface area contributed by atoms with Crippen LogP contribution in [0.25, 0.3) is 0 Å². The molecule has 0 aliphatic carbocycles. The summed E-state index contributed by atoms with van der Waals surface area (Å²) in [5.41, 5.74) is 1.12. The summed E-state index contributed by atoms with van der Waals surface area (Å²) < 4.78 is 16.4. The predicted molar refractivity (Wildman–Crippen MR) is 70.3 cm³/mol. The Labute approximate surface area is 108 Å². The standard InChI is InChI=1S/C14H21NO3/c1-10-6-7-18-14(9-15-10)11-4-5-12(16-2)13(8-11)17-3/h4-5,8,10,14-15H,6-7,9H2,1-3H3. The van der Waals surface area contributed by atoms with Crippen molar-refractivity contribution in [3.8, 4) is 11.5 Å². The van der Waals surface area contributed by atoms with Gasteiger partial charge in [-0.25, -0.2) is 0 Å². The summed E-state index contributed by atoms with van der Waals surface area (Å²) in [6.07, 6.45) is 1.12. The fourth-order valence-corrected chi connectivity index (χ4v) is 2.12. The highest BCUT2D eigenvalue weighted by molar-refractivity contribution is 5.43. The molecule has 0 radical (unpaired) electrons. The third kappa shape index (κ3) is 2.94. The maximum absolute atomic E-state index is 5.87. The molecule has 0 bridgehead atoms. The normalized spacial score (nSPS) is 24.4. The summed E-state index contributed by atoms with van der Waals surface area (Å²) in [5, 5.41) is 3.46. The summed E-state index contributed by atoms with van der Waals surface area (Å²) in [6, 6.07) is 6.45. The lowest BCUT2D eigenvalue weighted by atomic mass is 10.1. The van der Waals surface area contributed by atoms with Gasteiger partial charge in [0.2, 0.25) is 0 Å². The van der Waals surface area contributed by atoms with Gasteiger partial charge in [-0.2, -0.15) is 0 Å². The highest BCUT2D eigenvalue weighted by atomic mass is 16.5. The van der Waals surface area contributed by atoms with Crippen LogP contribution in [0.4, 0.5) is 0 Å². The summed E-state index contributed by atoms with van der Waals surface area (Å²) in [7, 11) is 3.29. The monoisotopic (exact) mass is 251 g/mol. The highest BCUT2D eigenvalue weighted by Gasteiger charge is 2.19. The Balaban J connectivity index is 2.17. The zero-order valence-corrected chi connectivity index (χ0v) is 11.2. The topological polar surface area (TPSA) is 39.7 Å². The van der Waals surface area contributed by atoms with Gasteiger partial charge < -0.3 is 19.5 Å². The molecule has 1 aromatic rings. The van der Waals surface area contributed by atoms with Gasteiger partial charge in [0.15, 0.2) is 11.5 Å². The molecule has 0 amide bonds. The number of benzene rings is 1. The Bertz CT molecular complexity index is 395. The van der Waals surface area contributed by atoms with Crippen LogP contribution in [0.2, 0.25) is 0 Å². The number of hydrogen-bond donors (Lipinski definition) is 1. The number of hydrogen-bond acceptors (Lipinski definition) is 4. The minimum Gasteiger partial charge on any atom is -0.493 e. The van der Waals surface area contributed by atoms with Gasteiger partial charge in [-0.15, -0.1) is 0 Å². The number of rotatable bonds is 3. The maximum Gasteiger partial charge on any atom is 0.161 e. The predicted octanol–water partition coefficient (Wildman–Crippen LogP) is 2.14. The molecule has 1 fully saturated rings. The average Bonchev–Trinajstić information content (AvgIpc) is 2.62. The second kappa shape index (κ2) is 6.07. The van der Waals surface area contributed by atoms with E-state index in [2.05, 4.69) is 12.2 Å². The van der Waals surface area contributed by atoms with E-state index in [-0.39, 0.29) is 6.10 Å². The van der Waals surface area contributed by atoms with E-state index in [4.69, 9.17) is 14.2 Å². The molecule has 100 valence electrons. The average molecular weight is 251 g/mol. The molecule has 18 heavy (non-hydrogen) atoms. The molecule has 1 aliphatic heterocycles. The molecular formula is C14H21NO3. The number of methoxy groups -OCH3 is 2. The largest absolute Gasteiger partial charge is 0.493 e. The fourth-order valence-electron chi connectivity index (χ4n) is 2.12. The summed E-state index contributed by atoms with van der Waals surface area (Å²) in [5.74, 6) is 1.49. The highest BCUT2D eigenvalue weighted by Crippen LogP contribution is 2.31. The van der Waals surface area contributed by atoms with Crippen molar-refractivity contribution < 1.29 is 14.2 Å². The Morgan fingerprint density at radius 2 is 2.00 bits per heavy atom. The summed E-state index contributed by atoms with van der Waals surface area (Å²) in [6.45, 7) is 3.80. The smallest absolute Gasteiger partial charge is 0.161 e. The molecule has 1 saturated heterocycles. The van der Waals surface area contributed by atoms with Crippen LogP contribution < -0.4 is 14.8 Å². The molecule has 1 aromatic carbocycles. The Kier molecular flexibility index (Phi) is 4.44. The first-order chi connectivity index (χ1) is 8.74. The van der Waals surface area contributed by atoms with E-state index >= 15 is 0 Å². The second-order valence-corrected chi connectivity index (χ2v) is 4.57. The van der Waals surface area contributed by atoms with Crippen LogP contribution in [0.1, 0.15) is 25.0 Å². The zero-order chi connectivity index (χ0) is 13.0. The quantitative estimate of drug-likeness (QED) is 0.893. The summed E-state index contributed by atoms with van der Waals surface area (Å²) >= 11 is 0. The van der Waals surface area contributed by atoms with E-state index < -0.39 is 0 Å². The molecule has 2 atom stereocenters. The zero-order valence-electron chi connectivity index (χ0n) is 11.2. The molecule has 1 aliphatic rings. The first-order valence-corrected chi connectivity index (χ1v) is 6.31. The first-order valence-electron chi connectivity index (χ1n) is 6.31. The lowest BCUT2D eigenvalue weighted by Gasteiger charge is -2.17.